The molecule has 0 radical (unpaired) electrons. The molecule has 3 aliphatic rings. The summed E-state index contributed by atoms with van der Waals surface area (Å²) in [6.07, 6.45) is 0. The number of urea groups is 1. The van der Waals surface area contributed by atoms with Crippen LogP contribution in [0.2, 0.25) is 0 Å². The number of nitrogens with zero attached hydrogens (tertiary/aromatic N) is 5. The number of ether oxygens (including phenoxy) is 1. The van der Waals surface area contributed by atoms with E-state index in [2.05, 4.69) is 27.5 Å². The summed E-state index contributed by atoms with van der Waals surface area (Å²) in [6, 6.07) is 21.3. The van der Waals surface area contributed by atoms with Crippen LogP contribution in [0.3, 0.4) is 0 Å². The summed E-state index contributed by atoms with van der Waals surface area (Å²) < 4.78 is 4.94. The molecular formula is C36H41N7O5. The zero-order chi connectivity index (χ0) is 33.8. The second-order valence-electron chi connectivity index (χ2n) is 12.2. The minimum absolute atomic E-state index is 0.0149. The zero-order valence-electron chi connectivity index (χ0n) is 27.6. The number of amides is 4. The Hall–Kier alpha value is -5.04. The summed E-state index contributed by atoms with van der Waals surface area (Å²) >= 11 is 0. The lowest BCUT2D eigenvalue weighted by molar-refractivity contribution is -0.119. The van der Waals surface area contributed by atoms with E-state index in [0.717, 1.165) is 42.3 Å². The number of likely N-dealkylation sites (N-methyl/N-ethyl adjacent to an activating group) is 2. The van der Waals surface area contributed by atoms with Gasteiger partial charge in [-0.05, 0) is 49.0 Å². The molecule has 0 spiro atoms. The maximum Gasteiger partial charge on any atom is 0.337 e. The Kier molecular flexibility index (Phi) is 9.85. The van der Waals surface area contributed by atoms with E-state index in [9.17, 15) is 19.2 Å². The molecule has 0 aliphatic carbocycles. The van der Waals surface area contributed by atoms with Crippen molar-refractivity contribution >= 4 is 52.1 Å². The van der Waals surface area contributed by atoms with Crippen molar-refractivity contribution in [2.45, 2.75) is 0 Å². The zero-order valence-corrected chi connectivity index (χ0v) is 27.6. The van der Waals surface area contributed by atoms with Gasteiger partial charge < -0.3 is 30.1 Å². The highest BCUT2D eigenvalue weighted by atomic mass is 16.5. The predicted octanol–water partition coefficient (Wildman–Crippen LogP) is 3.04. The molecule has 0 atom stereocenters. The van der Waals surface area contributed by atoms with E-state index in [1.807, 2.05) is 54.6 Å². The first-order chi connectivity index (χ1) is 23.2. The fraction of sp³-hybridized carbons (Fsp3) is 0.333. The van der Waals surface area contributed by atoms with Crippen molar-refractivity contribution in [1.82, 2.24) is 20.0 Å². The molecule has 3 aromatic carbocycles. The minimum Gasteiger partial charge on any atom is -0.465 e. The SMILES string of the molecule is COC(=O)c1ccc2c(c1)N(C(=O)N1CCNCC1)C(=O)/C2=C(\Nc1ccc(N(C)C(=O)CN2CCN(C)CC2)cc1)c1ccccc1. The van der Waals surface area contributed by atoms with Gasteiger partial charge in [0.25, 0.3) is 5.91 Å². The Balaban J connectivity index is 1.34. The van der Waals surface area contributed by atoms with Gasteiger partial charge in [0.2, 0.25) is 5.91 Å². The second-order valence-corrected chi connectivity index (χ2v) is 12.2. The van der Waals surface area contributed by atoms with Crippen molar-refractivity contribution in [3.63, 3.8) is 0 Å². The lowest BCUT2D eigenvalue weighted by Crippen LogP contribution is -2.52. The summed E-state index contributed by atoms with van der Waals surface area (Å²) in [5.74, 6) is -1.04. The maximum atomic E-state index is 14.4. The summed E-state index contributed by atoms with van der Waals surface area (Å²) in [7, 11) is 5.16. The number of piperazine rings is 2. The monoisotopic (exact) mass is 651 g/mol. The van der Waals surface area contributed by atoms with Crippen LogP contribution in [0.1, 0.15) is 21.5 Å². The first kappa shape index (κ1) is 32.9. The Labute approximate surface area is 280 Å². The molecule has 12 heteroatoms. The van der Waals surface area contributed by atoms with Gasteiger partial charge in [0.15, 0.2) is 0 Å². The van der Waals surface area contributed by atoms with Crippen LogP contribution in [0.5, 0.6) is 0 Å². The molecule has 2 saturated heterocycles. The predicted molar refractivity (Wildman–Crippen MR) is 186 cm³/mol. The molecule has 2 fully saturated rings. The number of hydrogen-bond acceptors (Lipinski definition) is 9. The average Bonchev–Trinajstić information content (AvgIpc) is 3.41. The summed E-state index contributed by atoms with van der Waals surface area (Å²) in [5.41, 5.74) is 4.08. The number of imide groups is 1. The molecule has 0 saturated carbocycles. The lowest BCUT2D eigenvalue weighted by Gasteiger charge is -2.32. The fourth-order valence-electron chi connectivity index (χ4n) is 6.18. The van der Waals surface area contributed by atoms with Gasteiger partial charge in [-0.3, -0.25) is 14.5 Å². The highest BCUT2D eigenvalue weighted by Gasteiger charge is 2.41. The molecule has 12 nitrogen and oxygen atoms in total. The van der Waals surface area contributed by atoms with Gasteiger partial charge in [-0.1, -0.05) is 36.4 Å². The van der Waals surface area contributed by atoms with E-state index >= 15 is 0 Å². The number of fused-ring (bicyclic) bond motifs is 1. The normalized spacial score (nSPS) is 17.9. The highest BCUT2D eigenvalue weighted by Crippen LogP contribution is 2.42. The van der Waals surface area contributed by atoms with Gasteiger partial charge in [0, 0.05) is 76.3 Å². The van der Waals surface area contributed by atoms with Crippen LogP contribution in [0.4, 0.5) is 21.9 Å². The number of esters is 1. The van der Waals surface area contributed by atoms with E-state index in [-0.39, 0.29) is 11.5 Å². The number of carbonyl (C=O) groups excluding carboxylic acids is 4. The number of rotatable bonds is 7. The number of nitrogens with one attached hydrogen (secondary N) is 2. The van der Waals surface area contributed by atoms with Gasteiger partial charge in [-0.25, -0.2) is 14.5 Å². The van der Waals surface area contributed by atoms with E-state index in [0.29, 0.717) is 60.9 Å². The molecule has 48 heavy (non-hydrogen) atoms. The second kappa shape index (κ2) is 14.4. The fourth-order valence-corrected chi connectivity index (χ4v) is 6.18. The Bertz CT molecular complexity index is 1710. The third kappa shape index (κ3) is 6.82. The molecule has 3 aliphatic heterocycles. The van der Waals surface area contributed by atoms with Crippen molar-refractivity contribution in [1.29, 1.82) is 0 Å². The van der Waals surface area contributed by atoms with Crippen LogP contribution in [0.15, 0.2) is 72.8 Å². The molecule has 4 amide bonds. The maximum absolute atomic E-state index is 14.4. The number of benzene rings is 3. The van der Waals surface area contributed by atoms with E-state index in [4.69, 9.17) is 4.74 Å². The number of methoxy groups -OCH3 is 1. The van der Waals surface area contributed by atoms with Crippen molar-refractivity contribution in [3.05, 3.63) is 89.5 Å². The van der Waals surface area contributed by atoms with Gasteiger partial charge in [0.05, 0.1) is 36.2 Å². The minimum atomic E-state index is -0.564. The summed E-state index contributed by atoms with van der Waals surface area (Å²) in [6.45, 7) is 6.11. The van der Waals surface area contributed by atoms with Gasteiger partial charge in [0.1, 0.15) is 0 Å². The average molecular weight is 652 g/mol. The topological polar surface area (TPSA) is 118 Å². The standard InChI is InChI=1S/C36H41N7O5/c1-39-19-21-41(22-20-39)24-31(44)40(2)28-12-10-27(11-13-28)38-33(25-7-5-4-6-8-25)32-29-14-9-26(35(46)48-3)23-30(29)43(34(32)45)36(47)42-17-15-37-16-18-42/h4-14,23,37-38H,15-22,24H2,1-3H3/b33-32-. The Morgan fingerprint density at radius 2 is 1.56 bits per heavy atom. The lowest BCUT2D eigenvalue weighted by atomic mass is 9.99. The Morgan fingerprint density at radius 1 is 0.875 bits per heavy atom. The van der Waals surface area contributed by atoms with Gasteiger partial charge in [-0.2, -0.15) is 0 Å². The molecule has 0 bridgehead atoms. The van der Waals surface area contributed by atoms with Crippen molar-refractivity contribution in [2.75, 3.05) is 95.2 Å². The molecule has 3 aromatic rings. The van der Waals surface area contributed by atoms with Crippen molar-refractivity contribution in [2.24, 2.45) is 0 Å². The molecular weight excluding hydrogens is 610 g/mol. The van der Waals surface area contributed by atoms with Crippen molar-refractivity contribution < 1.29 is 23.9 Å². The van der Waals surface area contributed by atoms with Crippen LogP contribution in [-0.2, 0) is 14.3 Å². The molecule has 6 rings (SSSR count). The summed E-state index contributed by atoms with van der Waals surface area (Å²) in [4.78, 5) is 62.8. The van der Waals surface area contributed by atoms with Crippen LogP contribution >= 0.6 is 0 Å². The quantitative estimate of drug-likeness (QED) is 0.294. The third-order valence-electron chi connectivity index (χ3n) is 9.09. The van der Waals surface area contributed by atoms with E-state index in [1.54, 1.807) is 35.0 Å². The Morgan fingerprint density at radius 3 is 2.23 bits per heavy atom. The van der Waals surface area contributed by atoms with Crippen molar-refractivity contribution in [3.8, 4) is 0 Å². The van der Waals surface area contributed by atoms with E-state index in [1.165, 1.54) is 7.11 Å². The van der Waals surface area contributed by atoms with Crippen LogP contribution < -0.4 is 20.4 Å². The number of carbonyl (C=O) groups is 4. The van der Waals surface area contributed by atoms with Crippen LogP contribution in [-0.4, -0.2) is 119 Å². The van der Waals surface area contributed by atoms with E-state index < -0.39 is 17.9 Å². The van der Waals surface area contributed by atoms with Crippen LogP contribution in [0, 0.1) is 0 Å². The van der Waals surface area contributed by atoms with Crippen LogP contribution in [0.25, 0.3) is 11.3 Å². The first-order valence-corrected chi connectivity index (χ1v) is 16.2. The molecule has 3 heterocycles. The first-order valence-electron chi connectivity index (χ1n) is 16.2. The smallest absolute Gasteiger partial charge is 0.337 e. The number of hydrogen-bond donors (Lipinski definition) is 2. The molecule has 2 N–H and O–H groups in total. The third-order valence-corrected chi connectivity index (χ3v) is 9.09. The molecule has 0 aromatic heterocycles. The molecule has 250 valence electrons. The summed E-state index contributed by atoms with van der Waals surface area (Å²) in [5, 5.41) is 6.68. The largest absolute Gasteiger partial charge is 0.465 e. The molecule has 0 unspecified atom stereocenters. The van der Waals surface area contributed by atoms with Gasteiger partial charge in [-0.15, -0.1) is 0 Å². The highest BCUT2D eigenvalue weighted by molar-refractivity contribution is 6.44. The van der Waals surface area contributed by atoms with Gasteiger partial charge >= 0.3 is 12.0 Å². The number of anilines is 3.